The molecule has 0 unspecified atom stereocenters. The molecule has 1 heterocycles. The monoisotopic (exact) mass is 360 g/mol. The molecule has 0 aliphatic rings. The van der Waals surface area contributed by atoms with E-state index in [9.17, 15) is 8.42 Å². The van der Waals surface area contributed by atoms with Gasteiger partial charge in [0.25, 0.3) is 10.0 Å². The first-order valence-corrected chi connectivity index (χ1v) is 9.20. The Labute approximate surface area is 147 Å². The Bertz CT molecular complexity index is 1010. The van der Waals surface area contributed by atoms with Crippen LogP contribution in [0.3, 0.4) is 0 Å². The minimum Gasteiger partial charge on any atom is -0.495 e. The fraction of sp³-hybridized carbons (Fsp3) is 0.222. The molecule has 2 aromatic carbocycles. The Balaban J connectivity index is 2.11. The predicted molar refractivity (Wildman–Crippen MR) is 97.5 cm³/mol. The van der Waals surface area contributed by atoms with Crippen LogP contribution in [0.25, 0.3) is 10.9 Å². The maximum Gasteiger partial charge on any atom is 0.265 e. The van der Waals surface area contributed by atoms with Crippen molar-refractivity contribution in [3.05, 3.63) is 54.2 Å². The molecule has 7 heteroatoms. The summed E-state index contributed by atoms with van der Waals surface area (Å²) in [6.07, 6.45) is 0. The molecule has 0 fully saturated rings. The topological polar surface area (TPSA) is 69.6 Å². The number of aryl methyl sites for hydroxylation is 1. The number of methoxy groups -OCH3 is 2. The van der Waals surface area contributed by atoms with Crippen LogP contribution in [-0.2, 0) is 21.5 Å². The number of sulfonamides is 1. The summed E-state index contributed by atoms with van der Waals surface area (Å²) in [5.74, 6) is 0.297. The van der Waals surface area contributed by atoms with Crippen molar-refractivity contribution in [1.29, 1.82) is 0 Å². The van der Waals surface area contributed by atoms with Crippen molar-refractivity contribution in [2.45, 2.75) is 18.6 Å². The Hall–Kier alpha value is -2.51. The number of rotatable bonds is 6. The van der Waals surface area contributed by atoms with Crippen LogP contribution >= 0.6 is 0 Å². The van der Waals surface area contributed by atoms with Crippen molar-refractivity contribution >= 4 is 26.6 Å². The second kappa shape index (κ2) is 6.78. The van der Waals surface area contributed by atoms with Crippen LogP contribution in [0.15, 0.2) is 53.4 Å². The third-order valence-corrected chi connectivity index (χ3v) is 5.39. The lowest BCUT2D eigenvalue weighted by Crippen LogP contribution is -2.15. The van der Waals surface area contributed by atoms with Gasteiger partial charge < -0.3 is 14.0 Å². The molecule has 3 aromatic rings. The molecular formula is C18H20N2O4S. The molecule has 0 bridgehead atoms. The fourth-order valence-electron chi connectivity index (χ4n) is 2.88. The number of anilines is 1. The maximum absolute atomic E-state index is 12.9. The van der Waals surface area contributed by atoms with Crippen molar-refractivity contribution < 1.29 is 17.9 Å². The number of fused-ring (bicyclic) bond motifs is 1. The SMILES string of the molecule is COCn1c(C)cc2cccc(NS(=O)(=O)c3ccccc3OC)c21. The second-order valence-corrected chi connectivity index (χ2v) is 7.28. The lowest BCUT2D eigenvalue weighted by Gasteiger charge is -2.14. The quantitative estimate of drug-likeness (QED) is 0.732. The highest BCUT2D eigenvalue weighted by molar-refractivity contribution is 7.92. The third kappa shape index (κ3) is 3.20. The molecule has 0 saturated heterocycles. The first kappa shape index (κ1) is 17.3. The largest absolute Gasteiger partial charge is 0.495 e. The number of nitrogens with one attached hydrogen (secondary N) is 1. The molecule has 6 nitrogen and oxygen atoms in total. The number of ether oxygens (including phenoxy) is 2. The van der Waals surface area contributed by atoms with Gasteiger partial charge >= 0.3 is 0 Å². The summed E-state index contributed by atoms with van der Waals surface area (Å²) in [5.41, 5.74) is 2.26. The molecule has 1 aromatic heterocycles. The Morgan fingerprint density at radius 3 is 2.56 bits per heavy atom. The third-order valence-electron chi connectivity index (χ3n) is 3.99. The average molecular weight is 360 g/mol. The zero-order valence-electron chi connectivity index (χ0n) is 14.3. The first-order chi connectivity index (χ1) is 12.0. The molecule has 0 radical (unpaired) electrons. The van der Waals surface area contributed by atoms with Crippen LogP contribution < -0.4 is 9.46 Å². The van der Waals surface area contributed by atoms with E-state index in [-0.39, 0.29) is 4.90 Å². The summed E-state index contributed by atoms with van der Waals surface area (Å²) in [4.78, 5) is 0.0936. The minimum absolute atomic E-state index is 0.0936. The van der Waals surface area contributed by atoms with Crippen LogP contribution in [0.2, 0.25) is 0 Å². The zero-order valence-corrected chi connectivity index (χ0v) is 15.1. The summed E-state index contributed by atoms with van der Waals surface area (Å²) in [6.45, 7) is 2.29. The molecule has 25 heavy (non-hydrogen) atoms. The van der Waals surface area contributed by atoms with E-state index >= 15 is 0 Å². The van der Waals surface area contributed by atoms with Gasteiger partial charge in [-0.2, -0.15) is 0 Å². The normalized spacial score (nSPS) is 11.6. The molecule has 132 valence electrons. The average Bonchev–Trinajstić information content (AvgIpc) is 2.91. The van der Waals surface area contributed by atoms with E-state index in [2.05, 4.69) is 4.72 Å². The summed E-state index contributed by atoms with van der Waals surface area (Å²) < 4.78 is 40.8. The molecule has 3 rings (SSSR count). The second-order valence-electron chi connectivity index (χ2n) is 5.63. The first-order valence-electron chi connectivity index (χ1n) is 7.71. The van der Waals surface area contributed by atoms with Gasteiger partial charge in [-0.1, -0.05) is 24.3 Å². The molecular weight excluding hydrogens is 340 g/mol. The van der Waals surface area contributed by atoms with Crippen molar-refractivity contribution in [2.75, 3.05) is 18.9 Å². The number of benzene rings is 2. The number of para-hydroxylation sites is 2. The maximum atomic E-state index is 12.9. The molecule has 0 aliphatic heterocycles. The van der Waals surface area contributed by atoms with E-state index in [1.54, 1.807) is 31.4 Å². The lowest BCUT2D eigenvalue weighted by atomic mass is 10.2. The van der Waals surface area contributed by atoms with E-state index in [1.165, 1.54) is 13.2 Å². The summed E-state index contributed by atoms with van der Waals surface area (Å²) in [6, 6.07) is 14.0. The van der Waals surface area contributed by atoms with E-state index < -0.39 is 10.0 Å². The van der Waals surface area contributed by atoms with Crippen molar-refractivity contribution in [1.82, 2.24) is 4.57 Å². The van der Waals surface area contributed by atoms with Gasteiger partial charge in [-0.25, -0.2) is 8.42 Å². The standard InChI is InChI=1S/C18H20N2O4S/c1-13-11-14-7-6-8-15(18(14)20(13)12-23-2)19-25(21,22)17-10-5-4-9-16(17)24-3/h4-11,19H,12H2,1-3H3. The Kier molecular flexibility index (Phi) is 4.69. The van der Waals surface area contributed by atoms with Gasteiger partial charge in [-0.3, -0.25) is 4.72 Å². The summed E-state index contributed by atoms with van der Waals surface area (Å²) in [5, 5.41) is 0.940. The van der Waals surface area contributed by atoms with Crippen molar-refractivity contribution in [3.63, 3.8) is 0 Å². The molecule has 0 saturated carbocycles. The van der Waals surface area contributed by atoms with Crippen LogP contribution in [0.4, 0.5) is 5.69 Å². The van der Waals surface area contributed by atoms with Crippen LogP contribution in [-0.4, -0.2) is 27.2 Å². The van der Waals surface area contributed by atoms with E-state index in [4.69, 9.17) is 9.47 Å². The number of hydrogen-bond acceptors (Lipinski definition) is 4. The molecule has 1 N–H and O–H groups in total. The predicted octanol–water partition coefficient (Wildman–Crippen LogP) is 3.36. The highest BCUT2D eigenvalue weighted by Gasteiger charge is 2.21. The smallest absolute Gasteiger partial charge is 0.265 e. The number of nitrogens with zero attached hydrogens (tertiary/aromatic N) is 1. The van der Waals surface area contributed by atoms with Gasteiger partial charge in [0.1, 0.15) is 17.4 Å². The number of hydrogen-bond donors (Lipinski definition) is 1. The lowest BCUT2D eigenvalue weighted by molar-refractivity contribution is 0.133. The molecule has 0 atom stereocenters. The summed E-state index contributed by atoms with van der Waals surface area (Å²) in [7, 11) is -0.748. The fourth-order valence-corrected chi connectivity index (χ4v) is 4.11. The summed E-state index contributed by atoms with van der Waals surface area (Å²) >= 11 is 0. The van der Waals surface area contributed by atoms with Gasteiger partial charge in [0.2, 0.25) is 0 Å². The van der Waals surface area contributed by atoms with Gasteiger partial charge in [-0.05, 0) is 31.2 Å². The Morgan fingerprint density at radius 2 is 1.84 bits per heavy atom. The molecule has 0 amide bonds. The van der Waals surface area contributed by atoms with Crippen molar-refractivity contribution in [3.8, 4) is 5.75 Å². The molecule has 0 aliphatic carbocycles. The van der Waals surface area contributed by atoms with E-state index in [0.29, 0.717) is 18.2 Å². The zero-order chi connectivity index (χ0) is 18.0. The van der Waals surface area contributed by atoms with Gasteiger partial charge in [0.05, 0.1) is 18.3 Å². The van der Waals surface area contributed by atoms with Crippen LogP contribution in [0.5, 0.6) is 5.75 Å². The Morgan fingerprint density at radius 1 is 1.08 bits per heavy atom. The van der Waals surface area contributed by atoms with Gasteiger partial charge in [-0.15, -0.1) is 0 Å². The molecule has 0 spiro atoms. The van der Waals surface area contributed by atoms with E-state index in [0.717, 1.165) is 16.6 Å². The number of aromatic nitrogens is 1. The van der Waals surface area contributed by atoms with E-state index in [1.807, 2.05) is 29.7 Å². The van der Waals surface area contributed by atoms with Crippen LogP contribution in [0, 0.1) is 6.92 Å². The minimum atomic E-state index is -3.80. The van der Waals surface area contributed by atoms with Crippen molar-refractivity contribution in [2.24, 2.45) is 0 Å². The highest BCUT2D eigenvalue weighted by Crippen LogP contribution is 2.31. The van der Waals surface area contributed by atoms with Crippen LogP contribution in [0.1, 0.15) is 5.69 Å². The highest BCUT2D eigenvalue weighted by atomic mass is 32.2. The van der Waals surface area contributed by atoms with Gasteiger partial charge in [0, 0.05) is 18.2 Å². The van der Waals surface area contributed by atoms with Gasteiger partial charge in [0.15, 0.2) is 0 Å².